The number of nitrogens with two attached hydrogens (primary N) is 1. The predicted molar refractivity (Wildman–Crippen MR) is 113 cm³/mol. The average molecular weight is 468 g/mol. The van der Waals surface area contributed by atoms with Crippen molar-refractivity contribution in [2.24, 2.45) is 10.7 Å². The van der Waals surface area contributed by atoms with Gasteiger partial charge in [-0.3, -0.25) is 0 Å². The van der Waals surface area contributed by atoms with E-state index in [1.165, 1.54) is 12.8 Å². The Balaban J connectivity index is 0.00000243. The second-order valence-corrected chi connectivity index (χ2v) is 6.03. The molecule has 0 amide bonds. The fraction of sp³-hybridized carbons (Fsp3) is 0.368. The van der Waals surface area contributed by atoms with Crippen LogP contribution in [0.3, 0.4) is 0 Å². The van der Waals surface area contributed by atoms with E-state index in [9.17, 15) is 0 Å². The van der Waals surface area contributed by atoms with Crippen LogP contribution >= 0.6 is 24.0 Å². The molecule has 1 aromatic carbocycles. The number of aromatic nitrogens is 1. The third-order valence-corrected chi connectivity index (χ3v) is 4.02. The maximum atomic E-state index is 5.98. The Morgan fingerprint density at radius 2 is 1.88 bits per heavy atom. The van der Waals surface area contributed by atoms with Crippen molar-refractivity contribution in [2.45, 2.75) is 25.4 Å². The summed E-state index contributed by atoms with van der Waals surface area (Å²) in [6, 6.07) is 14.0. The molecule has 0 aliphatic heterocycles. The first-order valence-corrected chi connectivity index (χ1v) is 8.51. The van der Waals surface area contributed by atoms with Gasteiger partial charge in [-0.2, -0.15) is 0 Å². The van der Waals surface area contributed by atoms with Gasteiger partial charge in [0, 0.05) is 25.4 Å². The van der Waals surface area contributed by atoms with Crippen LogP contribution in [-0.4, -0.2) is 42.1 Å². The first-order valence-electron chi connectivity index (χ1n) is 8.51. The lowest BCUT2D eigenvalue weighted by molar-refractivity contribution is 0.212. The van der Waals surface area contributed by atoms with Crippen LogP contribution in [0, 0.1) is 0 Å². The van der Waals surface area contributed by atoms with Crippen molar-refractivity contribution in [3.63, 3.8) is 0 Å². The monoisotopic (exact) mass is 468 g/mol. The Bertz CT molecular complexity index is 690. The number of hydrogen-bond acceptors (Lipinski definition) is 4. The largest absolute Gasteiger partial charge is 0.490 e. The molecular formula is C19H25IN4O2. The molecule has 0 radical (unpaired) electrons. The topological polar surface area (TPSA) is 73.0 Å². The van der Waals surface area contributed by atoms with Gasteiger partial charge in [0.15, 0.2) is 5.96 Å². The van der Waals surface area contributed by atoms with Crippen molar-refractivity contribution in [2.75, 3.05) is 20.3 Å². The molecule has 1 aromatic heterocycles. The normalized spacial score (nSPS) is 13.7. The quantitative estimate of drug-likeness (QED) is 0.279. The summed E-state index contributed by atoms with van der Waals surface area (Å²) in [5, 5.41) is 0. The molecule has 0 saturated heterocycles. The number of para-hydroxylation sites is 1. The standard InChI is InChI=1S/C19H24N4O2.HI/c1-23(16-8-9-16)19(20)22-14-15-7-10-18(21-13-15)25-12-11-24-17-5-3-2-4-6-17;/h2-7,10,13,16H,8-9,11-12,14H2,1H3,(H2,20,22);1H. The summed E-state index contributed by atoms with van der Waals surface area (Å²) in [5.41, 5.74) is 6.98. The van der Waals surface area contributed by atoms with Gasteiger partial charge in [-0.1, -0.05) is 24.3 Å². The molecular weight excluding hydrogens is 443 g/mol. The number of halogens is 1. The molecule has 1 aliphatic rings. The summed E-state index contributed by atoms with van der Waals surface area (Å²) in [6.45, 7) is 1.44. The molecule has 2 aromatic rings. The Kier molecular flexibility index (Phi) is 7.96. The lowest BCUT2D eigenvalue weighted by atomic mass is 10.3. The molecule has 0 spiro atoms. The van der Waals surface area contributed by atoms with E-state index in [0.29, 0.717) is 37.6 Å². The van der Waals surface area contributed by atoms with Gasteiger partial charge in [0.05, 0.1) is 6.54 Å². The summed E-state index contributed by atoms with van der Waals surface area (Å²) >= 11 is 0. The first-order chi connectivity index (χ1) is 12.2. The number of hydrogen-bond donors (Lipinski definition) is 1. The van der Waals surface area contributed by atoms with Gasteiger partial charge in [-0.15, -0.1) is 24.0 Å². The van der Waals surface area contributed by atoms with Crippen molar-refractivity contribution < 1.29 is 9.47 Å². The molecule has 26 heavy (non-hydrogen) atoms. The number of ether oxygens (including phenoxy) is 2. The van der Waals surface area contributed by atoms with Gasteiger partial charge in [0.1, 0.15) is 19.0 Å². The summed E-state index contributed by atoms with van der Waals surface area (Å²) in [6.07, 6.45) is 4.17. The molecule has 2 N–H and O–H groups in total. The number of rotatable bonds is 8. The van der Waals surface area contributed by atoms with Crippen LogP contribution in [0.2, 0.25) is 0 Å². The van der Waals surface area contributed by atoms with Crippen LogP contribution in [-0.2, 0) is 6.54 Å². The van der Waals surface area contributed by atoms with Crippen molar-refractivity contribution in [3.05, 3.63) is 54.2 Å². The Morgan fingerprint density at radius 3 is 2.54 bits per heavy atom. The highest BCUT2D eigenvalue weighted by Gasteiger charge is 2.27. The van der Waals surface area contributed by atoms with E-state index < -0.39 is 0 Å². The molecule has 140 valence electrons. The van der Waals surface area contributed by atoms with E-state index >= 15 is 0 Å². The van der Waals surface area contributed by atoms with E-state index in [-0.39, 0.29) is 24.0 Å². The molecule has 0 bridgehead atoms. The van der Waals surface area contributed by atoms with Crippen LogP contribution in [0.1, 0.15) is 18.4 Å². The zero-order chi connectivity index (χ0) is 17.5. The molecule has 1 aliphatic carbocycles. The highest BCUT2D eigenvalue weighted by Crippen LogP contribution is 2.24. The van der Waals surface area contributed by atoms with Gasteiger partial charge >= 0.3 is 0 Å². The molecule has 7 heteroatoms. The van der Waals surface area contributed by atoms with E-state index in [4.69, 9.17) is 15.2 Å². The zero-order valence-electron chi connectivity index (χ0n) is 14.9. The first kappa shape index (κ1) is 20.3. The zero-order valence-corrected chi connectivity index (χ0v) is 17.2. The molecule has 0 unspecified atom stereocenters. The maximum absolute atomic E-state index is 5.98. The van der Waals surface area contributed by atoms with E-state index in [0.717, 1.165) is 11.3 Å². The Morgan fingerprint density at radius 1 is 1.15 bits per heavy atom. The minimum atomic E-state index is 0. The lowest BCUT2D eigenvalue weighted by Gasteiger charge is -2.16. The fourth-order valence-electron chi connectivity index (χ4n) is 2.35. The smallest absolute Gasteiger partial charge is 0.213 e. The van der Waals surface area contributed by atoms with Crippen molar-refractivity contribution in [3.8, 4) is 11.6 Å². The van der Waals surface area contributed by atoms with Crippen molar-refractivity contribution >= 4 is 29.9 Å². The molecule has 3 rings (SSSR count). The van der Waals surface area contributed by atoms with E-state index in [1.54, 1.807) is 6.20 Å². The second kappa shape index (κ2) is 10.2. The summed E-state index contributed by atoms with van der Waals surface area (Å²) in [4.78, 5) is 10.7. The Labute approximate surface area is 171 Å². The van der Waals surface area contributed by atoms with Gasteiger partial charge < -0.3 is 20.1 Å². The van der Waals surface area contributed by atoms with Gasteiger partial charge in [0.25, 0.3) is 0 Å². The highest BCUT2D eigenvalue weighted by atomic mass is 127. The van der Waals surface area contributed by atoms with Gasteiger partial charge in [-0.05, 0) is 30.5 Å². The van der Waals surface area contributed by atoms with Crippen molar-refractivity contribution in [1.29, 1.82) is 0 Å². The van der Waals surface area contributed by atoms with Crippen LogP contribution in [0.4, 0.5) is 0 Å². The minimum absolute atomic E-state index is 0. The summed E-state index contributed by atoms with van der Waals surface area (Å²) in [5.74, 6) is 1.99. The van der Waals surface area contributed by atoms with E-state index in [2.05, 4.69) is 9.98 Å². The van der Waals surface area contributed by atoms with Gasteiger partial charge in [0.2, 0.25) is 5.88 Å². The molecule has 1 fully saturated rings. The molecule has 6 nitrogen and oxygen atoms in total. The van der Waals surface area contributed by atoms with Crippen LogP contribution in [0.15, 0.2) is 53.7 Å². The SMILES string of the molecule is CN(C(N)=NCc1ccc(OCCOc2ccccc2)nc1)C1CC1.I. The lowest BCUT2D eigenvalue weighted by Crippen LogP contribution is -2.35. The number of benzene rings is 1. The number of guanidine groups is 1. The summed E-state index contributed by atoms with van der Waals surface area (Å²) in [7, 11) is 1.99. The van der Waals surface area contributed by atoms with Crippen LogP contribution < -0.4 is 15.2 Å². The fourth-order valence-corrected chi connectivity index (χ4v) is 2.35. The highest BCUT2D eigenvalue weighted by molar-refractivity contribution is 14.0. The average Bonchev–Trinajstić information content (AvgIpc) is 3.50. The predicted octanol–water partition coefficient (Wildman–Crippen LogP) is 3.07. The van der Waals surface area contributed by atoms with Gasteiger partial charge in [-0.25, -0.2) is 9.98 Å². The number of pyridine rings is 1. The van der Waals surface area contributed by atoms with Crippen molar-refractivity contribution in [1.82, 2.24) is 9.88 Å². The molecule has 0 atom stereocenters. The minimum Gasteiger partial charge on any atom is -0.490 e. The molecule has 1 saturated carbocycles. The van der Waals surface area contributed by atoms with Crippen LogP contribution in [0.25, 0.3) is 0 Å². The Hall–Kier alpha value is -2.03. The third-order valence-electron chi connectivity index (χ3n) is 4.02. The summed E-state index contributed by atoms with van der Waals surface area (Å²) < 4.78 is 11.2. The number of nitrogens with zero attached hydrogens (tertiary/aromatic N) is 3. The molecule has 1 heterocycles. The maximum Gasteiger partial charge on any atom is 0.213 e. The second-order valence-electron chi connectivity index (χ2n) is 6.03. The third kappa shape index (κ3) is 6.36. The van der Waals surface area contributed by atoms with Crippen LogP contribution in [0.5, 0.6) is 11.6 Å². The number of aliphatic imine (C=N–C) groups is 1. The van der Waals surface area contributed by atoms with E-state index in [1.807, 2.05) is 54.4 Å².